The summed E-state index contributed by atoms with van der Waals surface area (Å²) in [7, 11) is 0. The van der Waals surface area contributed by atoms with Crippen LogP contribution in [0.1, 0.15) is 60.7 Å². The number of hydrogen-bond acceptors (Lipinski definition) is 3. The van der Waals surface area contributed by atoms with E-state index >= 15 is 0 Å². The Hall–Kier alpha value is -1.45. The zero-order valence-corrected chi connectivity index (χ0v) is 14.4. The molecule has 0 aliphatic heterocycles. The van der Waals surface area contributed by atoms with Gasteiger partial charge in [-0.3, -0.25) is 4.79 Å². The fourth-order valence-electron chi connectivity index (χ4n) is 5.09. The van der Waals surface area contributed by atoms with Gasteiger partial charge in [-0.05, 0) is 41.9 Å². The van der Waals surface area contributed by atoms with Crippen molar-refractivity contribution in [3.63, 3.8) is 0 Å². The van der Waals surface area contributed by atoms with Crippen molar-refractivity contribution in [2.45, 2.75) is 58.2 Å². The van der Waals surface area contributed by atoms with Crippen molar-refractivity contribution in [2.24, 2.45) is 11.3 Å². The van der Waals surface area contributed by atoms with E-state index in [1.807, 2.05) is 26.0 Å². The van der Waals surface area contributed by atoms with Gasteiger partial charge in [0.05, 0.1) is 6.10 Å². The van der Waals surface area contributed by atoms with Crippen LogP contribution < -0.4 is 0 Å². The second-order valence-electron chi connectivity index (χ2n) is 8.04. The summed E-state index contributed by atoms with van der Waals surface area (Å²) >= 11 is 0. The first-order valence-electron chi connectivity index (χ1n) is 8.33. The van der Waals surface area contributed by atoms with E-state index in [0.717, 1.165) is 23.1 Å². The average molecular weight is 314 g/mol. The summed E-state index contributed by atoms with van der Waals surface area (Å²) in [5.74, 6) is -0.526. The van der Waals surface area contributed by atoms with Gasteiger partial charge in [0.2, 0.25) is 0 Å². The number of fused-ring (bicyclic) bond motifs is 3. The van der Waals surface area contributed by atoms with Crippen LogP contribution in [0.2, 0.25) is 0 Å². The van der Waals surface area contributed by atoms with E-state index < -0.39 is 17.6 Å². The highest BCUT2D eigenvalue weighted by Gasteiger charge is 2.60. The van der Waals surface area contributed by atoms with Gasteiger partial charge in [-0.1, -0.05) is 45.6 Å². The highest BCUT2D eigenvalue weighted by molar-refractivity contribution is 6.06. The molecule has 1 saturated carbocycles. The maximum Gasteiger partial charge on any atom is 0.192 e. The Balaban J connectivity index is 2.36. The van der Waals surface area contributed by atoms with E-state index in [1.165, 1.54) is 0 Å². The lowest BCUT2D eigenvalue weighted by Crippen LogP contribution is -2.62. The van der Waals surface area contributed by atoms with Crippen molar-refractivity contribution in [1.82, 2.24) is 0 Å². The highest BCUT2D eigenvalue weighted by Crippen LogP contribution is 2.57. The number of ketones is 1. The summed E-state index contributed by atoms with van der Waals surface area (Å²) in [5, 5.41) is 21.7. The number of aliphatic hydroxyl groups excluding tert-OH is 2. The lowest BCUT2D eigenvalue weighted by Gasteiger charge is -2.57. The van der Waals surface area contributed by atoms with E-state index in [-0.39, 0.29) is 17.1 Å². The van der Waals surface area contributed by atoms with Gasteiger partial charge in [-0.2, -0.15) is 0 Å². The van der Waals surface area contributed by atoms with Crippen LogP contribution in [0.5, 0.6) is 0 Å². The molecule has 0 heterocycles. The van der Waals surface area contributed by atoms with Crippen LogP contribution in [0.15, 0.2) is 18.7 Å². The first-order chi connectivity index (χ1) is 10.7. The molecule has 0 radical (unpaired) electrons. The third-order valence-corrected chi connectivity index (χ3v) is 6.32. The molecular formula is C20H26O3. The highest BCUT2D eigenvalue weighted by atomic mass is 16.3. The summed E-state index contributed by atoms with van der Waals surface area (Å²) in [5.41, 5.74) is 2.31. The lowest BCUT2D eigenvalue weighted by atomic mass is 9.48. The molecule has 3 nitrogen and oxygen atoms in total. The molecule has 2 aliphatic carbocycles. The summed E-state index contributed by atoms with van der Waals surface area (Å²) in [6.07, 6.45) is 1.51. The zero-order chi connectivity index (χ0) is 17.2. The number of aliphatic hydroxyl groups is 2. The number of Topliss-reactive ketones (excluding diaryl/α,β-unsaturated/α-hetero) is 1. The largest absolute Gasteiger partial charge is 0.392 e. The molecule has 3 rings (SSSR count). The molecule has 0 aromatic heterocycles. The van der Waals surface area contributed by atoms with Crippen LogP contribution in [-0.2, 0) is 5.41 Å². The fourth-order valence-corrected chi connectivity index (χ4v) is 5.09. The minimum absolute atomic E-state index is 0.208. The topological polar surface area (TPSA) is 57.5 Å². The maximum absolute atomic E-state index is 13.0. The van der Waals surface area contributed by atoms with Gasteiger partial charge in [0.25, 0.3) is 0 Å². The third kappa shape index (κ3) is 1.99. The number of benzene rings is 1. The molecule has 0 unspecified atom stereocenters. The molecule has 0 amide bonds. The smallest absolute Gasteiger partial charge is 0.192 e. The normalized spacial score (nSPS) is 35.4. The van der Waals surface area contributed by atoms with Gasteiger partial charge in [-0.25, -0.2) is 0 Å². The van der Waals surface area contributed by atoms with Gasteiger partial charge in [0.15, 0.2) is 5.78 Å². The SMILES string of the molecule is C=Cc1c(C)ccc2c1C(=O)[C@H](O)[C@H]1C(C)(C)CC[C@@H](O)[C@]21C. The molecule has 0 spiro atoms. The quantitative estimate of drug-likeness (QED) is 0.836. The molecule has 2 N–H and O–H groups in total. The van der Waals surface area contributed by atoms with E-state index in [0.29, 0.717) is 12.0 Å². The van der Waals surface area contributed by atoms with Crippen molar-refractivity contribution in [3.8, 4) is 0 Å². The molecule has 1 aromatic rings. The zero-order valence-electron chi connectivity index (χ0n) is 14.4. The van der Waals surface area contributed by atoms with Crippen LogP contribution >= 0.6 is 0 Å². The van der Waals surface area contributed by atoms with E-state index in [2.05, 4.69) is 20.4 Å². The fraction of sp³-hybridized carbons (Fsp3) is 0.550. The van der Waals surface area contributed by atoms with Crippen LogP contribution in [0.4, 0.5) is 0 Å². The van der Waals surface area contributed by atoms with Gasteiger partial charge < -0.3 is 10.2 Å². The number of aryl methyl sites for hydroxylation is 1. The van der Waals surface area contributed by atoms with Gasteiger partial charge >= 0.3 is 0 Å². The lowest BCUT2D eigenvalue weighted by molar-refractivity contribution is -0.0967. The standard InChI is InChI=1S/C20H26O3/c1-6-12-11(2)7-8-13-15(12)16(22)17(23)18-19(3,4)10-9-14(21)20(13,18)5/h6-8,14,17-18,21,23H,1,9-10H2,2-5H3/t14-,17+,18+,20+/m1/s1. The second-order valence-corrected chi connectivity index (χ2v) is 8.04. The second kappa shape index (κ2) is 5.02. The third-order valence-electron chi connectivity index (χ3n) is 6.32. The Kier molecular flexibility index (Phi) is 3.58. The summed E-state index contributed by atoms with van der Waals surface area (Å²) < 4.78 is 0. The Morgan fingerprint density at radius 2 is 1.91 bits per heavy atom. The molecule has 2 aliphatic rings. The number of carbonyl (C=O) groups is 1. The Bertz CT molecular complexity index is 688. The molecule has 23 heavy (non-hydrogen) atoms. The number of rotatable bonds is 1. The van der Waals surface area contributed by atoms with Gasteiger partial charge in [-0.15, -0.1) is 0 Å². The molecular weight excluding hydrogens is 288 g/mol. The molecule has 3 heteroatoms. The van der Waals surface area contributed by atoms with Gasteiger partial charge in [0.1, 0.15) is 6.10 Å². The summed E-state index contributed by atoms with van der Waals surface area (Å²) in [6.45, 7) is 12.0. The molecule has 1 fully saturated rings. The average Bonchev–Trinajstić information content (AvgIpc) is 2.48. The Morgan fingerprint density at radius 3 is 2.52 bits per heavy atom. The van der Waals surface area contributed by atoms with Crippen LogP contribution in [0.25, 0.3) is 6.08 Å². The van der Waals surface area contributed by atoms with Crippen molar-refractivity contribution in [2.75, 3.05) is 0 Å². The minimum Gasteiger partial charge on any atom is -0.392 e. The molecule has 1 aromatic carbocycles. The minimum atomic E-state index is -1.09. The monoisotopic (exact) mass is 314 g/mol. The Labute approximate surface area is 138 Å². The first-order valence-corrected chi connectivity index (χ1v) is 8.33. The van der Waals surface area contributed by atoms with Crippen LogP contribution in [0, 0.1) is 18.3 Å². The van der Waals surface area contributed by atoms with Crippen molar-refractivity contribution in [1.29, 1.82) is 0 Å². The van der Waals surface area contributed by atoms with Crippen molar-refractivity contribution >= 4 is 11.9 Å². The van der Waals surface area contributed by atoms with E-state index in [1.54, 1.807) is 6.08 Å². The predicted molar refractivity (Wildman–Crippen MR) is 91.5 cm³/mol. The van der Waals surface area contributed by atoms with Crippen LogP contribution in [0.3, 0.4) is 0 Å². The maximum atomic E-state index is 13.0. The molecule has 4 atom stereocenters. The predicted octanol–water partition coefficient (Wildman–Crippen LogP) is 3.25. The van der Waals surface area contributed by atoms with Gasteiger partial charge in [0, 0.05) is 16.9 Å². The van der Waals surface area contributed by atoms with Crippen molar-refractivity contribution in [3.05, 3.63) is 41.0 Å². The van der Waals surface area contributed by atoms with E-state index in [9.17, 15) is 15.0 Å². The summed E-state index contributed by atoms with van der Waals surface area (Å²) in [6, 6.07) is 3.94. The number of carbonyl (C=O) groups excluding carboxylic acids is 1. The summed E-state index contributed by atoms with van der Waals surface area (Å²) in [4.78, 5) is 13.0. The van der Waals surface area contributed by atoms with E-state index in [4.69, 9.17) is 0 Å². The molecule has 0 saturated heterocycles. The first kappa shape index (κ1) is 16.4. The Morgan fingerprint density at radius 1 is 1.26 bits per heavy atom. The molecule has 124 valence electrons. The van der Waals surface area contributed by atoms with Crippen molar-refractivity contribution < 1.29 is 15.0 Å². The number of hydrogen-bond donors (Lipinski definition) is 2. The molecule has 0 bridgehead atoms. The van der Waals surface area contributed by atoms with Crippen LogP contribution in [-0.4, -0.2) is 28.2 Å².